The van der Waals surface area contributed by atoms with E-state index in [-0.39, 0.29) is 11.9 Å². The van der Waals surface area contributed by atoms with E-state index in [0.29, 0.717) is 23.5 Å². The van der Waals surface area contributed by atoms with Gasteiger partial charge in [-0.2, -0.15) is 0 Å². The SMILES string of the molecule is C[C@@H]1CCC[C@@H](C)N1C(=O)CN(C)[C@@H](C)c1ccc(S(C)(=O)=O)cc1. The Morgan fingerprint density at radius 1 is 1.20 bits per heavy atom. The molecule has 1 aromatic carbocycles. The maximum Gasteiger partial charge on any atom is 0.237 e. The highest BCUT2D eigenvalue weighted by Crippen LogP contribution is 2.24. The first-order chi connectivity index (χ1) is 11.6. The van der Waals surface area contributed by atoms with Gasteiger partial charge in [-0.15, -0.1) is 0 Å². The zero-order valence-corrected chi connectivity index (χ0v) is 16.7. The molecule has 1 fully saturated rings. The van der Waals surface area contributed by atoms with E-state index in [1.54, 1.807) is 12.1 Å². The van der Waals surface area contributed by atoms with Crippen LogP contribution in [0.1, 0.15) is 51.6 Å². The number of hydrogen-bond donors (Lipinski definition) is 0. The molecule has 0 N–H and O–H groups in total. The Hall–Kier alpha value is -1.40. The van der Waals surface area contributed by atoms with E-state index >= 15 is 0 Å². The third-order valence-corrected chi connectivity index (χ3v) is 6.45. The average Bonchev–Trinajstić information content (AvgIpc) is 2.53. The highest BCUT2D eigenvalue weighted by atomic mass is 32.2. The zero-order chi connectivity index (χ0) is 18.8. The molecule has 140 valence electrons. The highest BCUT2D eigenvalue weighted by Gasteiger charge is 2.30. The Morgan fingerprint density at radius 3 is 2.20 bits per heavy atom. The smallest absolute Gasteiger partial charge is 0.237 e. The molecule has 1 aromatic rings. The molecule has 1 amide bonds. The summed E-state index contributed by atoms with van der Waals surface area (Å²) in [5, 5.41) is 0. The van der Waals surface area contributed by atoms with Crippen molar-refractivity contribution >= 4 is 15.7 Å². The van der Waals surface area contributed by atoms with Crippen molar-refractivity contribution in [1.82, 2.24) is 9.80 Å². The van der Waals surface area contributed by atoms with E-state index in [9.17, 15) is 13.2 Å². The van der Waals surface area contributed by atoms with Gasteiger partial charge in [0, 0.05) is 24.4 Å². The number of amides is 1. The number of likely N-dealkylation sites (tertiary alicyclic amines) is 1. The largest absolute Gasteiger partial charge is 0.336 e. The van der Waals surface area contributed by atoms with Crippen LogP contribution in [0.3, 0.4) is 0 Å². The molecule has 3 atom stereocenters. The summed E-state index contributed by atoms with van der Waals surface area (Å²) in [5.41, 5.74) is 1.00. The number of piperidine rings is 1. The molecule has 0 aromatic heterocycles. The lowest BCUT2D eigenvalue weighted by atomic mass is 9.97. The second kappa shape index (κ2) is 7.87. The predicted molar refractivity (Wildman–Crippen MR) is 100 cm³/mol. The fraction of sp³-hybridized carbons (Fsp3) is 0.632. The minimum atomic E-state index is -3.19. The molecule has 1 aliphatic rings. The molecule has 5 nitrogen and oxygen atoms in total. The summed E-state index contributed by atoms with van der Waals surface area (Å²) in [4.78, 5) is 17.1. The minimum absolute atomic E-state index is 0.0352. The summed E-state index contributed by atoms with van der Waals surface area (Å²) < 4.78 is 23.1. The van der Waals surface area contributed by atoms with Crippen LogP contribution in [-0.2, 0) is 14.6 Å². The summed E-state index contributed by atoms with van der Waals surface area (Å²) in [6.07, 6.45) is 4.53. The van der Waals surface area contributed by atoms with Crippen molar-refractivity contribution in [3.63, 3.8) is 0 Å². The van der Waals surface area contributed by atoms with Crippen LogP contribution >= 0.6 is 0 Å². The number of sulfone groups is 1. The van der Waals surface area contributed by atoms with Gasteiger partial charge in [0.15, 0.2) is 9.84 Å². The molecule has 1 heterocycles. The Balaban J connectivity index is 2.04. The monoisotopic (exact) mass is 366 g/mol. The van der Waals surface area contributed by atoms with Crippen LogP contribution in [0.2, 0.25) is 0 Å². The summed E-state index contributed by atoms with van der Waals surface area (Å²) >= 11 is 0. The van der Waals surface area contributed by atoms with Crippen LogP contribution in [0.25, 0.3) is 0 Å². The molecule has 6 heteroatoms. The molecule has 0 bridgehead atoms. The number of benzene rings is 1. The third kappa shape index (κ3) is 4.82. The maximum atomic E-state index is 12.8. The highest BCUT2D eigenvalue weighted by molar-refractivity contribution is 7.90. The van der Waals surface area contributed by atoms with Crippen molar-refractivity contribution in [2.24, 2.45) is 0 Å². The first kappa shape index (κ1) is 19.9. The lowest BCUT2D eigenvalue weighted by Crippen LogP contribution is -2.50. The van der Waals surface area contributed by atoms with Gasteiger partial charge in [0.2, 0.25) is 5.91 Å². The zero-order valence-electron chi connectivity index (χ0n) is 15.9. The standard InChI is InChI=1S/C19H30N2O3S/c1-14-7-6-8-15(2)21(14)19(22)13-20(4)16(3)17-9-11-18(12-10-17)25(5,23)24/h9-12,14-16H,6-8,13H2,1-5H3/t14-,15-,16+/m1/s1. The average molecular weight is 367 g/mol. The Labute approximate surface area is 151 Å². The van der Waals surface area contributed by atoms with Gasteiger partial charge in [0.05, 0.1) is 11.4 Å². The summed E-state index contributed by atoms with van der Waals surface area (Å²) in [6.45, 7) is 6.65. The first-order valence-electron chi connectivity index (χ1n) is 8.92. The number of carbonyl (C=O) groups excluding carboxylic acids is 1. The predicted octanol–water partition coefficient (Wildman–Crippen LogP) is 2.87. The van der Waals surface area contributed by atoms with Crippen molar-refractivity contribution in [2.45, 2.75) is 63.1 Å². The Bertz CT molecular complexity index is 690. The van der Waals surface area contributed by atoms with E-state index in [4.69, 9.17) is 0 Å². The molecule has 25 heavy (non-hydrogen) atoms. The molecule has 2 rings (SSSR count). The van der Waals surface area contributed by atoms with Gasteiger partial charge in [-0.05, 0) is 64.8 Å². The molecule has 1 saturated heterocycles. The topological polar surface area (TPSA) is 57.7 Å². The number of rotatable bonds is 5. The lowest BCUT2D eigenvalue weighted by molar-refractivity contribution is -0.138. The fourth-order valence-corrected chi connectivity index (χ4v) is 4.22. The van der Waals surface area contributed by atoms with E-state index < -0.39 is 9.84 Å². The molecule has 0 aliphatic carbocycles. The molecular weight excluding hydrogens is 336 g/mol. The number of hydrogen-bond acceptors (Lipinski definition) is 4. The van der Waals surface area contributed by atoms with Crippen LogP contribution in [-0.4, -0.2) is 56.1 Å². The van der Waals surface area contributed by atoms with Crippen molar-refractivity contribution < 1.29 is 13.2 Å². The Morgan fingerprint density at radius 2 is 1.72 bits per heavy atom. The normalized spacial score (nSPS) is 22.9. The van der Waals surface area contributed by atoms with Gasteiger partial charge in [-0.25, -0.2) is 8.42 Å². The van der Waals surface area contributed by atoms with Crippen molar-refractivity contribution in [1.29, 1.82) is 0 Å². The quantitative estimate of drug-likeness (QED) is 0.804. The molecule has 0 spiro atoms. The second-order valence-corrected chi connectivity index (χ2v) is 9.38. The Kier molecular flexibility index (Phi) is 6.27. The van der Waals surface area contributed by atoms with Crippen LogP contribution in [0.15, 0.2) is 29.2 Å². The van der Waals surface area contributed by atoms with E-state index in [1.807, 2.05) is 35.9 Å². The maximum absolute atomic E-state index is 12.8. The van der Waals surface area contributed by atoms with Crippen LogP contribution in [0, 0.1) is 0 Å². The first-order valence-corrected chi connectivity index (χ1v) is 10.8. The number of carbonyl (C=O) groups is 1. The van der Waals surface area contributed by atoms with E-state index in [0.717, 1.165) is 18.4 Å². The summed E-state index contributed by atoms with van der Waals surface area (Å²) in [7, 11) is -1.25. The summed E-state index contributed by atoms with van der Waals surface area (Å²) in [5.74, 6) is 0.168. The van der Waals surface area contributed by atoms with Crippen LogP contribution in [0.5, 0.6) is 0 Å². The molecule has 1 aliphatic heterocycles. The van der Waals surface area contributed by atoms with Gasteiger partial charge in [0.25, 0.3) is 0 Å². The van der Waals surface area contributed by atoms with Crippen LogP contribution in [0.4, 0.5) is 0 Å². The van der Waals surface area contributed by atoms with Crippen molar-refractivity contribution in [3.8, 4) is 0 Å². The molecule has 0 radical (unpaired) electrons. The number of nitrogens with zero attached hydrogens (tertiary/aromatic N) is 2. The van der Waals surface area contributed by atoms with Gasteiger partial charge < -0.3 is 4.90 Å². The summed E-state index contributed by atoms with van der Waals surface area (Å²) in [6, 6.07) is 7.55. The van der Waals surface area contributed by atoms with Gasteiger partial charge >= 0.3 is 0 Å². The number of likely N-dealkylation sites (N-methyl/N-ethyl adjacent to an activating group) is 1. The molecule has 0 unspecified atom stereocenters. The second-order valence-electron chi connectivity index (χ2n) is 7.36. The van der Waals surface area contributed by atoms with Crippen molar-refractivity contribution in [2.75, 3.05) is 19.8 Å². The van der Waals surface area contributed by atoms with Gasteiger partial charge in [0.1, 0.15) is 0 Å². The molecular formula is C19H30N2O3S. The van der Waals surface area contributed by atoms with Gasteiger partial charge in [-0.1, -0.05) is 12.1 Å². The lowest BCUT2D eigenvalue weighted by Gasteiger charge is -2.40. The van der Waals surface area contributed by atoms with E-state index in [2.05, 4.69) is 13.8 Å². The molecule has 0 saturated carbocycles. The van der Waals surface area contributed by atoms with E-state index in [1.165, 1.54) is 12.7 Å². The van der Waals surface area contributed by atoms with Gasteiger partial charge in [-0.3, -0.25) is 9.69 Å². The third-order valence-electron chi connectivity index (χ3n) is 5.32. The van der Waals surface area contributed by atoms with Crippen molar-refractivity contribution in [3.05, 3.63) is 29.8 Å². The van der Waals surface area contributed by atoms with Crippen LogP contribution < -0.4 is 0 Å². The minimum Gasteiger partial charge on any atom is -0.336 e. The fourth-order valence-electron chi connectivity index (χ4n) is 3.59.